The SMILES string of the molecule is O=C(C1CCC1)N1CCCC(N2CCCCC(Nc3nccc(N4CCCCCC4)n3)C2)C1. The van der Waals surface area contributed by atoms with Gasteiger partial charge in [-0.15, -0.1) is 0 Å². The average Bonchev–Trinajstić information content (AvgIpc) is 3.22. The van der Waals surface area contributed by atoms with Crippen molar-refractivity contribution in [3.05, 3.63) is 12.3 Å². The topological polar surface area (TPSA) is 64.6 Å². The molecule has 1 amide bonds. The lowest BCUT2D eigenvalue weighted by atomic mass is 9.84. The van der Waals surface area contributed by atoms with Gasteiger partial charge in [0.1, 0.15) is 5.82 Å². The molecule has 1 saturated carbocycles. The van der Waals surface area contributed by atoms with E-state index in [9.17, 15) is 4.79 Å². The lowest BCUT2D eigenvalue weighted by molar-refractivity contribution is -0.140. The van der Waals surface area contributed by atoms with Crippen LogP contribution in [-0.4, -0.2) is 77.0 Å². The Kier molecular flexibility index (Phi) is 7.64. The number of nitrogens with zero attached hydrogens (tertiary/aromatic N) is 5. The Morgan fingerprint density at radius 1 is 0.848 bits per heavy atom. The van der Waals surface area contributed by atoms with Gasteiger partial charge in [0.25, 0.3) is 0 Å². The molecular weight excluding hydrogens is 412 g/mol. The summed E-state index contributed by atoms with van der Waals surface area (Å²) in [5.74, 6) is 2.58. The second-order valence-electron chi connectivity index (χ2n) is 10.7. The van der Waals surface area contributed by atoms with Gasteiger partial charge in [-0.25, -0.2) is 4.98 Å². The zero-order chi connectivity index (χ0) is 22.5. The molecule has 3 aliphatic heterocycles. The molecule has 1 aromatic heterocycles. The Bertz CT molecular complexity index is 776. The van der Waals surface area contributed by atoms with E-state index in [0.717, 1.165) is 76.7 Å². The maximum absolute atomic E-state index is 12.8. The number of rotatable bonds is 5. The molecule has 182 valence electrons. The summed E-state index contributed by atoms with van der Waals surface area (Å²) in [6.45, 7) is 6.24. The maximum Gasteiger partial charge on any atom is 0.225 e. The van der Waals surface area contributed by atoms with Crippen molar-refractivity contribution in [2.45, 2.75) is 89.1 Å². The van der Waals surface area contributed by atoms with Crippen LogP contribution in [0.5, 0.6) is 0 Å². The van der Waals surface area contributed by atoms with Gasteiger partial charge < -0.3 is 15.1 Å². The standard InChI is InChI=1S/C26H42N6O/c33-25(21-9-7-10-21)32-18-8-12-23(20-32)31-17-6-3-11-22(19-31)28-26-27-14-13-24(29-26)30-15-4-1-2-5-16-30/h13-14,21-23H,1-12,15-20H2,(H,27,28,29). The van der Waals surface area contributed by atoms with E-state index in [0.29, 0.717) is 23.9 Å². The zero-order valence-corrected chi connectivity index (χ0v) is 20.3. The highest BCUT2D eigenvalue weighted by Crippen LogP contribution is 2.30. The molecule has 4 fully saturated rings. The fourth-order valence-corrected chi connectivity index (χ4v) is 6.06. The second kappa shape index (κ2) is 11.0. The predicted molar refractivity (Wildman–Crippen MR) is 132 cm³/mol. The highest BCUT2D eigenvalue weighted by molar-refractivity contribution is 5.79. The Hall–Kier alpha value is -1.89. The fraction of sp³-hybridized carbons (Fsp3) is 0.808. The number of carbonyl (C=O) groups excluding carboxylic acids is 1. The van der Waals surface area contributed by atoms with Crippen LogP contribution in [-0.2, 0) is 4.79 Å². The molecule has 2 atom stereocenters. The summed E-state index contributed by atoms with van der Waals surface area (Å²) in [4.78, 5) is 29.6. The molecule has 0 radical (unpaired) electrons. The number of piperidine rings is 1. The van der Waals surface area contributed by atoms with E-state index in [1.165, 1.54) is 51.4 Å². The van der Waals surface area contributed by atoms with Gasteiger partial charge in [-0.1, -0.05) is 25.7 Å². The van der Waals surface area contributed by atoms with E-state index in [-0.39, 0.29) is 0 Å². The van der Waals surface area contributed by atoms with Gasteiger partial charge in [-0.2, -0.15) is 4.98 Å². The van der Waals surface area contributed by atoms with Gasteiger partial charge in [0.2, 0.25) is 11.9 Å². The van der Waals surface area contributed by atoms with Gasteiger partial charge in [0.15, 0.2) is 0 Å². The van der Waals surface area contributed by atoms with E-state index in [4.69, 9.17) is 4.98 Å². The molecule has 5 rings (SSSR count). The molecular formula is C26H42N6O. The number of anilines is 2. The monoisotopic (exact) mass is 454 g/mol. The molecule has 1 N–H and O–H groups in total. The van der Waals surface area contributed by atoms with Crippen LogP contribution < -0.4 is 10.2 Å². The predicted octanol–water partition coefficient (Wildman–Crippen LogP) is 3.91. The van der Waals surface area contributed by atoms with Crippen molar-refractivity contribution in [1.29, 1.82) is 0 Å². The number of hydrogen-bond acceptors (Lipinski definition) is 6. The summed E-state index contributed by atoms with van der Waals surface area (Å²) in [5.41, 5.74) is 0. The largest absolute Gasteiger partial charge is 0.356 e. The molecule has 0 bridgehead atoms. The quantitative estimate of drug-likeness (QED) is 0.728. The molecule has 7 nitrogen and oxygen atoms in total. The van der Waals surface area contributed by atoms with Crippen LogP contribution in [0, 0.1) is 5.92 Å². The molecule has 4 heterocycles. The normalized spacial score (nSPS) is 28.0. The minimum absolute atomic E-state index is 0.316. The number of nitrogens with one attached hydrogen (secondary N) is 1. The number of likely N-dealkylation sites (tertiary alicyclic amines) is 2. The molecule has 1 aromatic rings. The van der Waals surface area contributed by atoms with Crippen molar-refractivity contribution in [3.8, 4) is 0 Å². The lowest BCUT2D eigenvalue weighted by Crippen LogP contribution is -2.53. The molecule has 2 unspecified atom stereocenters. The number of carbonyl (C=O) groups is 1. The first-order valence-electron chi connectivity index (χ1n) is 13.6. The van der Waals surface area contributed by atoms with Gasteiger partial charge in [0.05, 0.1) is 0 Å². The fourth-order valence-electron chi connectivity index (χ4n) is 6.06. The highest BCUT2D eigenvalue weighted by Gasteiger charge is 2.34. The third kappa shape index (κ3) is 5.79. The smallest absolute Gasteiger partial charge is 0.225 e. The molecule has 33 heavy (non-hydrogen) atoms. The van der Waals surface area contributed by atoms with Crippen LogP contribution in [0.25, 0.3) is 0 Å². The Labute approximate surface area is 199 Å². The van der Waals surface area contributed by atoms with Crippen LogP contribution >= 0.6 is 0 Å². The third-order valence-electron chi connectivity index (χ3n) is 8.29. The summed E-state index contributed by atoms with van der Waals surface area (Å²) < 4.78 is 0. The van der Waals surface area contributed by atoms with Crippen LogP contribution in [0.4, 0.5) is 11.8 Å². The summed E-state index contributed by atoms with van der Waals surface area (Å²) >= 11 is 0. The van der Waals surface area contributed by atoms with Gasteiger partial charge in [0, 0.05) is 56.9 Å². The molecule has 3 saturated heterocycles. The summed E-state index contributed by atoms with van der Waals surface area (Å²) in [7, 11) is 0. The van der Waals surface area contributed by atoms with E-state index in [2.05, 4.69) is 31.1 Å². The molecule has 4 aliphatic rings. The summed E-state index contributed by atoms with van der Waals surface area (Å²) in [6, 6.07) is 2.92. The Morgan fingerprint density at radius 3 is 2.45 bits per heavy atom. The first-order chi connectivity index (χ1) is 16.3. The van der Waals surface area contributed by atoms with Crippen molar-refractivity contribution in [2.75, 3.05) is 49.5 Å². The van der Waals surface area contributed by atoms with Crippen molar-refractivity contribution in [1.82, 2.24) is 19.8 Å². The molecule has 7 heteroatoms. The molecule has 0 aromatic carbocycles. The summed E-state index contributed by atoms with van der Waals surface area (Å²) in [5, 5.41) is 3.68. The van der Waals surface area contributed by atoms with Crippen molar-refractivity contribution in [2.24, 2.45) is 5.92 Å². The third-order valence-corrected chi connectivity index (χ3v) is 8.29. The van der Waals surface area contributed by atoms with Crippen molar-refractivity contribution in [3.63, 3.8) is 0 Å². The van der Waals surface area contributed by atoms with Gasteiger partial charge in [-0.3, -0.25) is 9.69 Å². The first kappa shape index (κ1) is 22.9. The van der Waals surface area contributed by atoms with Crippen LogP contribution in [0.2, 0.25) is 0 Å². The van der Waals surface area contributed by atoms with Crippen LogP contribution in [0.3, 0.4) is 0 Å². The van der Waals surface area contributed by atoms with E-state index in [1.54, 1.807) is 0 Å². The van der Waals surface area contributed by atoms with E-state index >= 15 is 0 Å². The number of hydrogen-bond donors (Lipinski definition) is 1. The van der Waals surface area contributed by atoms with Crippen molar-refractivity contribution < 1.29 is 4.79 Å². The Balaban J connectivity index is 1.20. The second-order valence-corrected chi connectivity index (χ2v) is 10.7. The van der Waals surface area contributed by atoms with Crippen molar-refractivity contribution >= 4 is 17.7 Å². The molecule has 0 spiro atoms. The van der Waals surface area contributed by atoms with Crippen LogP contribution in [0.1, 0.15) is 77.0 Å². The Morgan fingerprint density at radius 2 is 1.67 bits per heavy atom. The van der Waals surface area contributed by atoms with Gasteiger partial charge >= 0.3 is 0 Å². The first-order valence-corrected chi connectivity index (χ1v) is 13.6. The number of amides is 1. The summed E-state index contributed by atoms with van der Waals surface area (Å²) in [6.07, 6.45) is 16.5. The zero-order valence-electron chi connectivity index (χ0n) is 20.3. The lowest BCUT2D eigenvalue weighted by Gasteiger charge is -2.42. The van der Waals surface area contributed by atoms with Gasteiger partial charge in [-0.05, 0) is 64.0 Å². The van der Waals surface area contributed by atoms with Crippen LogP contribution in [0.15, 0.2) is 12.3 Å². The minimum Gasteiger partial charge on any atom is -0.356 e. The molecule has 1 aliphatic carbocycles. The minimum atomic E-state index is 0.316. The van der Waals surface area contributed by atoms with E-state index in [1.807, 2.05) is 6.20 Å². The highest BCUT2D eigenvalue weighted by atomic mass is 16.2. The average molecular weight is 455 g/mol. The maximum atomic E-state index is 12.8. The number of aromatic nitrogens is 2. The van der Waals surface area contributed by atoms with E-state index < -0.39 is 0 Å².